The molecule has 0 aliphatic carbocycles. The van der Waals surface area contributed by atoms with Gasteiger partial charge in [-0.1, -0.05) is 53.5 Å². The highest BCUT2D eigenvalue weighted by atomic mass is 35.5. The first-order chi connectivity index (χ1) is 17.3. The van der Waals surface area contributed by atoms with Gasteiger partial charge in [-0.25, -0.2) is 4.98 Å². The van der Waals surface area contributed by atoms with Crippen LogP contribution >= 0.6 is 23.2 Å². The third-order valence-electron chi connectivity index (χ3n) is 6.03. The summed E-state index contributed by atoms with van der Waals surface area (Å²) in [5, 5.41) is 0.995. The van der Waals surface area contributed by atoms with Crippen molar-refractivity contribution in [3.05, 3.63) is 82.0 Å². The van der Waals surface area contributed by atoms with Gasteiger partial charge in [0.05, 0.1) is 35.7 Å². The van der Waals surface area contributed by atoms with Crippen LogP contribution in [0.5, 0.6) is 11.6 Å². The fourth-order valence-electron chi connectivity index (χ4n) is 4.14. The standard InChI is InChI=1S/C28H28Cl2N4O2/c1-15(31)18-9-8-17(14-24(18)35-3)27-26(30)21(12-13-33-27)20-6-5-7-22(25(20)29)23-11-10-19(16(2)32)28(34-23)36-4/h5-16H,31-32H2,1-4H3. The first kappa shape index (κ1) is 25.9. The molecule has 2 aromatic carbocycles. The fraction of sp³-hybridized carbons (Fsp3) is 0.214. The van der Waals surface area contributed by atoms with Gasteiger partial charge >= 0.3 is 0 Å². The summed E-state index contributed by atoms with van der Waals surface area (Å²) in [6.07, 6.45) is 1.71. The van der Waals surface area contributed by atoms with Crippen LogP contribution in [0.3, 0.4) is 0 Å². The molecule has 36 heavy (non-hydrogen) atoms. The van der Waals surface area contributed by atoms with Gasteiger partial charge < -0.3 is 20.9 Å². The Kier molecular flexibility index (Phi) is 7.81. The van der Waals surface area contributed by atoms with E-state index in [4.69, 9.17) is 44.1 Å². The van der Waals surface area contributed by atoms with Crippen molar-refractivity contribution in [1.82, 2.24) is 9.97 Å². The van der Waals surface area contributed by atoms with Crippen LogP contribution in [0.15, 0.2) is 60.8 Å². The van der Waals surface area contributed by atoms with Gasteiger partial charge in [0.25, 0.3) is 0 Å². The molecule has 8 heteroatoms. The molecule has 2 heterocycles. The predicted octanol–water partition coefficient (Wildman–Crippen LogP) is 6.84. The van der Waals surface area contributed by atoms with E-state index in [9.17, 15) is 0 Å². The third kappa shape index (κ3) is 4.90. The highest BCUT2D eigenvalue weighted by Gasteiger charge is 2.19. The number of hydrogen-bond donors (Lipinski definition) is 2. The van der Waals surface area contributed by atoms with Crippen molar-refractivity contribution < 1.29 is 9.47 Å². The second-order valence-electron chi connectivity index (χ2n) is 8.52. The van der Waals surface area contributed by atoms with E-state index >= 15 is 0 Å². The number of ether oxygens (including phenoxy) is 2. The molecule has 2 unspecified atom stereocenters. The number of nitrogens with two attached hydrogens (primary N) is 2. The first-order valence-corrected chi connectivity index (χ1v) is 12.2. The van der Waals surface area contributed by atoms with E-state index in [1.807, 2.05) is 68.4 Å². The molecule has 0 radical (unpaired) electrons. The Morgan fingerprint density at radius 1 is 0.778 bits per heavy atom. The molecule has 2 atom stereocenters. The number of halogens is 2. The summed E-state index contributed by atoms with van der Waals surface area (Å²) in [5.41, 5.74) is 18.2. The molecule has 0 spiro atoms. The van der Waals surface area contributed by atoms with Gasteiger partial charge in [-0.2, -0.15) is 0 Å². The predicted molar refractivity (Wildman–Crippen MR) is 147 cm³/mol. The molecule has 0 saturated carbocycles. The Morgan fingerprint density at radius 3 is 2.11 bits per heavy atom. The minimum Gasteiger partial charge on any atom is -0.496 e. The summed E-state index contributed by atoms with van der Waals surface area (Å²) >= 11 is 13.8. The lowest BCUT2D eigenvalue weighted by Gasteiger charge is -2.16. The smallest absolute Gasteiger partial charge is 0.218 e. The minimum atomic E-state index is -0.210. The Hall–Kier alpha value is -3.16. The normalized spacial score (nSPS) is 12.8. The third-order valence-corrected chi connectivity index (χ3v) is 6.81. The van der Waals surface area contributed by atoms with Crippen molar-refractivity contribution in [2.24, 2.45) is 11.5 Å². The number of hydrogen-bond acceptors (Lipinski definition) is 6. The SMILES string of the molecule is COc1cc(-c2nccc(-c3cccc(-c4ccc(C(C)N)c(OC)n4)c3Cl)c2Cl)ccc1C(C)N. The molecule has 2 aromatic heterocycles. The molecule has 4 N–H and O–H groups in total. The van der Waals surface area contributed by atoms with Crippen LogP contribution in [0.2, 0.25) is 10.0 Å². The number of aromatic nitrogens is 2. The number of pyridine rings is 2. The topological polar surface area (TPSA) is 96.3 Å². The molecular formula is C28H28Cl2N4O2. The average Bonchev–Trinajstić information content (AvgIpc) is 2.88. The second-order valence-corrected chi connectivity index (χ2v) is 9.27. The van der Waals surface area contributed by atoms with Crippen LogP contribution < -0.4 is 20.9 Å². The van der Waals surface area contributed by atoms with Crippen molar-refractivity contribution >= 4 is 23.2 Å². The molecule has 0 bridgehead atoms. The zero-order valence-electron chi connectivity index (χ0n) is 20.5. The largest absolute Gasteiger partial charge is 0.496 e. The van der Waals surface area contributed by atoms with Gasteiger partial charge in [0.1, 0.15) is 5.75 Å². The minimum absolute atomic E-state index is 0.167. The van der Waals surface area contributed by atoms with Gasteiger partial charge in [0, 0.05) is 51.7 Å². The van der Waals surface area contributed by atoms with Crippen molar-refractivity contribution in [3.8, 4) is 45.3 Å². The highest BCUT2D eigenvalue weighted by Crippen LogP contribution is 2.42. The molecule has 0 fully saturated rings. The van der Waals surface area contributed by atoms with Gasteiger partial charge in [-0.15, -0.1) is 0 Å². The number of benzene rings is 2. The van der Waals surface area contributed by atoms with Crippen LogP contribution in [0.4, 0.5) is 0 Å². The maximum Gasteiger partial charge on any atom is 0.218 e. The summed E-state index contributed by atoms with van der Waals surface area (Å²) in [6, 6.07) is 16.8. The molecule has 0 aliphatic rings. The zero-order valence-corrected chi connectivity index (χ0v) is 22.1. The van der Waals surface area contributed by atoms with E-state index in [-0.39, 0.29) is 12.1 Å². The molecular weight excluding hydrogens is 495 g/mol. The highest BCUT2D eigenvalue weighted by molar-refractivity contribution is 6.39. The van der Waals surface area contributed by atoms with Crippen molar-refractivity contribution in [3.63, 3.8) is 0 Å². The van der Waals surface area contributed by atoms with E-state index in [0.29, 0.717) is 33.1 Å². The maximum absolute atomic E-state index is 6.93. The molecule has 6 nitrogen and oxygen atoms in total. The van der Waals surface area contributed by atoms with Gasteiger partial charge in [-0.3, -0.25) is 4.98 Å². The summed E-state index contributed by atoms with van der Waals surface area (Å²) in [4.78, 5) is 9.19. The summed E-state index contributed by atoms with van der Waals surface area (Å²) in [7, 11) is 3.19. The number of methoxy groups -OCH3 is 2. The van der Waals surface area contributed by atoms with Crippen LogP contribution in [0.25, 0.3) is 33.6 Å². The van der Waals surface area contributed by atoms with Crippen molar-refractivity contribution in [1.29, 1.82) is 0 Å². The lowest BCUT2D eigenvalue weighted by Crippen LogP contribution is -2.08. The Morgan fingerprint density at radius 2 is 1.44 bits per heavy atom. The first-order valence-electron chi connectivity index (χ1n) is 11.4. The van der Waals surface area contributed by atoms with Gasteiger partial charge in [-0.05, 0) is 38.1 Å². The Bertz CT molecular complexity index is 1300. The fourth-order valence-corrected chi connectivity index (χ4v) is 4.78. The molecule has 186 valence electrons. The summed E-state index contributed by atoms with van der Waals surface area (Å²) in [5.74, 6) is 1.15. The van der Waals surface area contributed by atoms with E-state index in [0.717, 1.165) is 33.4 Å². The van der Waals surface area contributed by atoms with Gasteiger partial charge in [0.15, 0.2) is 0 Å². The Balaban J connectivity index is 1.81. The van der Waals surface area contributed by atoms with E-state index in [1.54, 1.807) is 20.4 Å². The molecule has 4 rings (SSSR count). The van der Waals surface area contributed by atoms with E-state index < -0.39 is 0 Å². The molecule has 0 aliphatic heterocycles. The quantitative estimate of drug-likeness (QED) is 0.275. The zero-order chi connectivity index (χ0) is 26.0. The lowest BCUT2D eigenvalue weighted by atomic mass is 9.98. The van der Waals surface area contributed by atoms with E-state index in [2.05, 4.69) is 9.97 Å². The Labute approximate surface area is 221 Å². The van der Waals surface area contributed by atoms with E-state index in [1.165, 1.54) is 0 Å². The number of nitrogens with zero attached hydrogens (tertiary/aromatic N) is 2. The van der Waals surface area contributed by atoms with Crippen LogP contribution in [0, 0.1) is 0 Å². The van der Waals surface area contributed by atoms with Crippen LogP contribution in [-0.2, 0) is 0 Å². The van der Waals surface area contributed by atoms with Crippen LogP contribution in [0.1, 0.15) is 37.1 Å². The van der Waals surface area contributed by atoms with Crippen LogP contribution in [-0.4, -0.2) is 24.2 Å². The summed E-state index contributed by atoms with van der Waals surface area (Å²) < 4.78 is 11.0. The molecule has 0 amide bonds. The van der Waals surface area contributed by atoms with Gasteiger partial charge in [0.2, 0.25) is 5.88 Å². The van der Waals surface area contributed by atoms with Crippen molar-refractivity contribution in [2.45, 2.75) is 25.9 Å². The molecule has 0 saturated heterocycles. The lowest BCUT2D eigenvalue weighted by molar-refractivity contribution is 0.390. The maximum atomic E-state index is 6.93. The number of rotatable bonds is 7. The second kappa shape index (κ2) is 10.8. The van der Waals surface area contributed by atoms with Crippen molar-refractivity contribution in [2.75, 3.05) is 14.2 Å². The average molecular weight is 523 g/mol. The summed E-state index contributed by atoms with van der Waals surface area (Å²) in [6.45, 7) is 3.79. The monoisotopic (exact) mass is 522 g/mol. The molecule has 4 aromatic rings.